The van der Waals surface area contributed by atoms with Gasteiger partial charge >= 0.3 is 0 Å². The van der Waals surface area contributed by atoms with E-state index in [1.165, 1.54) is 48.0 Å². The van der Waals surface area contributed by atoms with Crippen LogP contribution in [-0.2, 0) is 5.41 Å². The van der Waals surface area contributed by atoms with E-state index in [9.17, 15) is 0 Å². The van der Waals surface area contributed by atoms with E-state index in [0.717, 1.165) is 0 Å². The molecular weight excluding hydrogens is 368 g/mol. The van der Waals surface area contributed by atoms with Crippen molar-refractivity contribution in [2.45, 2.75) is 26.2 Å². The van der Waals surface area contributed by atoms with Crippen molar-refractivity contribution in [1.29, 1.82) is 0 Å². The van der Waals surface area contributed by atoms with Crippen molar-refractivity contribution in [2.24, 2.45) is 0 Å². The van der Waals surface area contributed by atoms with Crippen LogP contribution in [0.2, 0.25) is 0 Å². The Bertz CT molecular complexity index is 1300. The van der Waals surface area contributed by atoms with Gasteiger partial charge in [0.2, 0.25) is 0 Å². The van der Waals surface area contributed by atoms with Gasteiger partial charge in [0, 0.05) is 20.2 Å². The molecule has 0 fully saturated rings. The quantitative estimate of drug-likeness (QED) is 0.282. The Labute approximate surface area is 176 Å². The first-order valence-corrected chi connectivity index (χ1v) is 10.9. The fourth-order valence-corrected chi connectivity index (χ4v) is 5.44. The van der Waals surface area contributed by atoms with Gasteiger partial charge in [-0.05, 0) is 39.3 Å². The number of benzene rings is 4. The van der Waals surface area contributed by atoms with Crippen molar-refractivity contribution in [3.05, 3.63) is 96.6 Å². The van der Waals surface area contributed by atoms with Crippen LogP contribution in [0.25, 0.3) is 42.4 Å². The summed E-state index contributed by atoms with van der Waals surface area (Å²) in [5.74, 6) is 0. The minimum absolute atomic E-state index is 0.126. The molecule has 0 saturated carbocycles. The number of thiophene rings is 1. The van der Waals surface area contributed by atoms with Crippen LogP contribution in [0, 0.1) is 0 Å². The summed E-state index contributed by atoms with van der Waals surface area (Å²) < 4.78 is 2.76. The average Bonchev–Trinajstić information content (AvgIpc) is 3.12. The van der Waals surface area contributed by atoms with E-state index < -0.39 is 0 Å². The molecular formula is C28H24S. The molecule has 0 aliphatic rings. The smallest absolute Gasteiger partial charge is 0.0433 e. The summed E-state index contributed by atoms with van der Waals surface area (Å²) >= 11 is 1.91. The van der Waals surface area contributed by atoms with Crippen LogP contribution in [0.3, 0.4) is 0 Å². The monoisotopic (exact) mass is 392 g/mol. The molecule has 0 nitrogen and oxygen atoms in total. The maximum Gasteiger partial charge on any atom is 0.0433 e. The Morgan fingerprint density at radius 2 is 1.24 bits per heavy atom. The van der Waals surface area contributed by atoms with Crippen LogP contribution >= 0.6 is 11.3 Å². The first-order chi connectivity index (χ1) is 14.0. The highest BCUT2D eigenvalue weighted by molar-refractivity contribution is 7.26. The number of hydrogen-bond donors (Lipinski definition) is 0. The van der Waals surface area contributed by atoms with Gasteiger partial charge in [-0.2, -0.15) is 0 Å². The van der Waals surface area contributed by atoms with Gasteiger partial charge in [0.1, 0.15) is 0 Å². The van der Waals surface area contributed by atoms with Crippen molar-refractivity contribution in [3.8, 4) is 22.3 Å². The van der Waals surface area contributed by atoms with Gasteiger partial charge in [-0.3, -0.25) is 0 Å². The molecule has 0 N–H and O–H groups in total. The third kappa shape index (κ3) is 3.16. The Morgan fingerprint density at radius 1 is 0.586 bits per heavy atom. The van der Waals surface area contributed by atoms with Crippen LogP contribution in [0.1, 0.15) is 26.3 Å². The van der Waals surface area contributed by atoms with Crippen molar-refractivity contribution in [2.75, 3.05) is 0 Å². The van der Waals surface area contributed by atoms with E-state index in [-0.39, 0.29) is 5.41 Å². The maximum absolute atomic E-state index is 2.30. The van der Waals surface area contributed by atoms with Gasteiger partial charge < -0.3 is 0 Å². The average molecular weight is 393 g/mol. The summed E-state index contributed by atoms with van der Waals surface area (Å²) in [6.45, 7) is 6.91. The summed E-state index contributed by atoms with van der Waals surface area (Å²) in [5, 5.41) is 2.79. The van der Waals surface area contributed by atoms with Gasteiger partial charge in [0.15, 0.2) is 0 Å². The summed E-state index contributed by atoms with van der Waals surface area (Å²) in [5.41, 5.74) is 6.67. The third-order valence-corrected chi connectivity index (χ3v) is 6.84. The number of hydrogen-bond acceptors (Lipinski definition) is 1. The zero-order valence-corrected chi connectivity index (χ0v) is 17.9. The molecule has 4 aromatic carbocycles. The Morgan fingerprint density at radius 3 is 1.97 bits per heavy atom. The van der Waals surface area contributed by atoms with E-state index in [1.807, 2.05) is 11.3 Å². The minimum Gasteiger partial charge on any atom is -0.135 e. The molecule has 0 amide bonds. The molecule has 1 heteroatoms. The molecule has 0 aliphatic carbocycles. The summed E-state index contributed by atoms with van der Waals surface area (Å²) in [6, 6.07) is 33.0. The Balaban J connectivity index is 1.68. The van der Waals surface area contributed by atoms with Crippen molar-refractivity contribution >= 4 is 31.5 Å². The molecule has 0 aliphatic heterocycles. The fraction of sp³-hybridized carbons (Fsp3) is 0.143. The van der Waals surface area contributed by atoms with Crippen LogP contribution in [0.15, 0.2) is 91.0 Å². The molecule has 142 valence electrons. The van der Waals surface area contributed by atoms with E-state index in [1.54, 1.807) is 0 Å². The molecule has 0 unspecified atom stereocenters. The zero-order chi connectivity index (χ0) is 20.0. The molecule has 0 bridgehead atoms. The Kier molecular flexibility index (Phi) is 4.29. The molecule has 1 aromatic heterocycles. The molecule has 0 atom stereocenters. The van der Waals surface area contributed by atoms with Crippen molar-refractivity contribution in [1.82, 2.24) is 0 Å². The number of rotatable bonds is 2. The predicted octanol–water partition coefficient (Wildman–Crippen LogP) is 8.69. The Hall–Kier alpha value is -2.90. The molecule has 0 spiro atoms. The van der Waals surface area contributed by atoms with Gasteiger partial charge in [-0.15, -0.1) is 11.3 Å². The highest BCUT2D eigenvalue weighted by Crippen LogP contribution is 2.43. The second-order valence-corrected chi connectivity index (χ2v) is 9.71. The van der Waals surface area contributed by atoms with Gasteiger partial charge in [-0.25, -0.2) is 0 Å². The van der Waals surface area contributed by atoms with Gasteiger partial charge in [0.25, 0.3) is 0 Å². The van der Waals surface area contributed by atoms with Crippen LogP contribution in [0.4, 0.5) is 0 Å². The van der Waals surface area contributed by atoms with E-state index in [4.69, 9.17) is 0 Å². The standard InChI is InChI=1S/C28H24S/c1-28(2,3)24-13-8-14-25-26(24)23-12-7-11-22(27(23)29-25)21-17-15-20(16-18-21)19-9-5-4-6-10-19/h4-18H,1-3H3. The van der Waals surface area contributed by atoms with Crippen LogP contribution < -0.4 is 0 Å². The molecule has 0 radical (unpaired) electrons. The van der Waals surface area contributed by atoms with Crippen molar-refractivity contribution < 1.29 is 0 Å². The highest BCUT2D eigenvalue weighted by Gasteiger charge is 2.20. The lowest BCUT2D eigenvalue weighted by Crippen LogP contribution is -2.11. The number of fused-ring (bicyclic) bond motifs is 3. The third-order valence-electron chi connectivity index (χ3n) is 5.63. The SMILES string of the molecule is CC(C)(C)c1cccc2sc3c(-c4ccc(-c5ccccc5)cc4)cccc3c12. The fourth-order valence-electron chi connectivity index (χ4n) is 4.17. The normalized spacial score (nSPS) is 12.0. The lowest BCUT2D eigenvalue weighted by molar-refractivity contribution is 0.596. The first-order valence-electron chi connectivity index (χ1n) is 10.1. The van der Waals surface area contributed by atoms with Crippen LogP contribution in [-0.4, -0.2) is 0 Å². The lowest BCUT2D eigenvalue weighted by atomic mass is 9.84. The summed E-state index contributed by atoms with van der Waals surface area (Å²) in [4.78, 5) is 0. The molecule has 29 heavy (non-hydrogen) atoms. The molecule has 5 aromatic rings. The maximum atomic E-state index is 2.30. The van der Waals surface area contributed by atoms with Crippen molar-refractivity contribution in [3.63, 3.8) is 0 Å². The minimum atomic E-state index is 0.126. The first kappa shape index (κ1) is 18.1. The topological polar surface area (TPSA) is 0 Å². The largest absolute Gasteiger partial charge is 0.135 e. The molecule has 5 rings (SSSR count). The van der Waals surface area contributed by atoms with E-state index in [2.05, 4.69) is 112 Å². The zero-order valence-electron chi connectivity index (χ0n) is 17.1. The predicted molar refractivity (Wildman–Crippen MR) is 129 cm³/mol. The van der Waals surface area contributed by atoms with Gasteiger partial charge in [-0.1, -0.05) is 106 Å². The summed E-state index contributed by atoms with van der Waals surface area (Å²) in [7, 11) is 0. The second-order valence-electron chi connectivity index (χ2n) is 8.66. The molecule has 0 saturated heterocycles. The van der Waals surface area contributed by atoms with Gasteiger partial charge in [0.05, 0.1) is 0 Å². The van der Waals surface area contributed by atoms with E-state index in [0.29, 0.717) is 0 Å². The lowest BCUT2D eigenvalue weighted by Gasteiger charge is -2.20. The highest BCUT2D eigenvalue weighted by atomic mass is 32.1. The van der Waals surface area contributed by atoms with Crippen LogP contribution in [0.5, 0.6) is 0 Å². The molecule has 1 heterocycles. The summed E-state index contributed by atoms with van der Waals surface area (Å²) in [6.07, 6.45) is 0. The second kappa shape index (κ2) is 6.86. The van der Waals surface area contributed by atoms with E-state index >= 15 is 0 Å².